The second-order valence-corrected chi connectivity index (χ2v) is 4.82. The normalized spacial score (nSPS) is 22.9. The van der Waals surface area contributed by atoms with Crippen LogP contribution in [0.5, 0.6) is 0 Å². The van der Waals surface area contributed by atoms with Gasteiger partial charge in [0.1, 0.15) is 0 Å². The van der Waals surface area contributed by atoms with Gasteiger partial charge in [0, 0.05) is 37.8 Å². The maximum Gasteiger partial charge on any atom is 0.0710 e. The molecule has 0 bridgehead atoms. The predicted octanol–water partition coefficient (Wildman–Crippen LogP) is 2.06. The lowest BCUT2D eigenvalue weighted by Gasteiger charge is -2.27. The highest BCUT2D eigenvalue weighted by Crippen LogP contribution is 2.29. The molecule has 2 rings (SSSR count). The molecule has 0 saturated carbocycles. The van der Waals surface area contributed by atoms with E-state index in [4.69, 9.17) is 22.1 Å². The van der Waals surface area contributed by atoms with Crippen molar-refractivity contribution in [2.24, 2.45) is 5.73 Å². The van der Waals surface area contributed by atoms with Crippen LogP contribution >= 0.6 is 11.6 Å². The van der Waals surface area contributed by atoms with Gasteiger partial charge in [0.05, 0.1) is 6.10 Å². The summed E-state index contributed by atoms with van der Waals surface area (Å²) >= 11 is 6.23. The Kier molecular flexibility index (Phi) is 4.40. The molecule has 2 N–H and O–H groups in total. The SMILES string of the molecule is COC1CCN(C(CN)c2ccccc2Cl)C1. The van der Waals surface area contributed by atoms with Crippen molar-refractivity contribution in [1.29, 1.82) is 0 Å². The number of hydrogen-bond donors (Lipinski definition) is 1. The summed E-state index contributed by atoms with van der Waals surface area (Å²) < 4.78 is 5.39. The van der Waals surface area contributed by atoms with E-state index in [1.807, 2.05) is 18.2 Å². The van der Waals surface area contributed by atoms with Crippen LogP contribution in [-0.2, 0) is 4.74 Å². The number of hydrogen-bond acceptors (Lipinski definition) is 3. The number of methoxy groups -OCH3 is 1. The molecule has 2 atom stereocenters. The minimum absolute atomic E-state index is 0.198. The van der Waals surface area contributed by atoms with Crippen LogP contribution in [0.25, 0.3) is 0 Å². The lowest BCUT2D eigenvalue weighted by molar-refractivity contribution is 0.101. The highest BCUT2D eigenvalue weighted by molar-refractivity contribution is 6.31. The van der Waals surface area contributed by atoms with Gasteiger partial charge in [0.2, 0.25) is 0 Å². The summed E-state index contributed by atoms with van der Waals surface area (Å²) in [5.41, 5.74) is 7.02. The molecule has 0 radical (unpaired) electrons. The third-order valence-corrected chi connectivity index (χ3v) is 3.78. The van der Waals surface area contributed by atoms with Crippen LogP contribution < -0.4 is 5.73 Å². The molecule has 0 amide bonds. The highest BCUT2D eigenvalue weighted by atomic mass is 35.5. The summed E-state index contributed by atoms with van der Waals surface area (Å²) in [7, 11) is 1.76. The summed E-state index contributed by atoms with van der Waals surface area (Å²) in [5.74, 6) is 0. The standard InChI is InChI=1S/C13H19ClN2O/c1-17-10-6-7-16(9-10)13(8-15)11-4-2-3-5-12(11)14/h2-5,10,13H,6-9,15H2,1H3. The molecule has 2 unspecified atom stereocenters. The van der Waals surface area contributed by atoms with Gasteiger partial charge in [-0.3, -0.25) is 4.90 Å². The summed E-state index contributed by atoms with van der Waals surface area (Å²) in [6.45, 7) is 2.54. The van der Waals surface area contributed by atoms with Gasteiger partial charge in [-0.2, -0.15) is 0 Å². The second-order valence-electron chi connectivity index (χ2n) is 4.41. The smallest absolute Gasteiger partial charge is 0.0710 e. The zero-order valence-electron chi connectivity index (χ0n) is 10.1. The van der Waals surface area contributed by atoms with Gasteiger partial charge in [-0.15, -0.1) is 0 Å². The Labute approximate surface area is 107 Å². The summed E-state index contributed by atoms with van der Waals surface area (Å²) in [6.07, 6.45) is 1.39. The second kappa shape index (κ2) is 5.83. The van der Waals surface area contributed by atoms with Gasteiger partial charge in [0.25, 0.3) is 0 Å². The van der Waals surface area contributed by atoms with Gasteiger partial charge in [-0.1, -0.05) is 29.8 Å². The molecule has 1 aromatic rings. The molecular weight excluding hydrogens is 236 g/mol. The average Bonchev–Trinajstić information content (AvgIpc) is 2.81. The van der Waals surface area contributed by atoms with Crippen molar-refractivity contribution in [2.45, 2.75) is 18.6 Å². The Bertz CT molecular complexity index is 372. The first kappa shape index (κ1) is 12.8. The van der Waals surface area contributed by atoms with Crippen LogP contribution in [0.3, 0.4) is 0 Å². The topological polar surface area (TPSA) is 38.5 Å². The van der Waals surface area contributed by atoms with Crippen molar-refractivity contribution in [3.8, 4) is 0 Å². The molecule has 17 heavy (non-hydrogen) atoms. The van der Waals surface area contributed by atoms with Crippen molar-refractivity contribution in [3.63, 3.8) is 0 Å². The first-order valence-electron chi connectivity index (χ1n) is 5.97. The lowest BCUT2D eigenvalue weighted by Crippen LogP contribution is -2.33. The van der Waals surface area contributed by atoms with Crippen LogP contribution in [0.4, 0.5) is 0 Å². The molecule has 0 aromatic heterocycles. The number of nitrogens with zero attached hydrogens (tertiary/aromatic N) is 1. The maximum atomic E-state index is 6.23. The Morgan fingerprint density at radius 3 is 2.88 bits per heavy atom. The molecule has 1 aliphatic heterocycles. The van der Waals surface area contributed by atoms with Crippen molar-refractivity contribution >= 4 is 11.6 Å². The van der Waals surface area contributed by atoms with Gasteiger partial charge in [0.15, 0.2) is 0 Å². The van der Waals surface area contributed by atoms with Crippen LogP contribution in [0.2, 0.25) is 5.02 Å². The number of rotatable bonds is 4. The first-order valence-corrected chi connectivity index (χ1v) is 6.35. The number of halogens is 1. The third kappa shape index (κ3) is 2.80. The monoisotopic (exact) mass is 254 g/mol. The molecule has 4 heteroatoms. The Balaban J connectivity index is 2.15. The molecule has 1 fully saturated rings. The fraction of sp³-hybridized carbons (Fsp3) is 0.538. The molecular formula is C13H19ClN2O. The minimum Gasteiger partial charge on any atom is -0.380 e. The zero-order valence-corrected chi connectivity index (χ0v) is 10.9. The van der Waals surface area contributed by atoms with Crippen LogP contribution in [0, 0.1) is 0 Å². The van der Waals surface area contributed by atoms with Crippen molar-refractivity contribution in [3.05, 3.63) is 34.9 Å². The summed E-state index contributed by atoms with van der Waals surface area (Å²) in [4.78, 5) is 2.36. The van der Waals surface area contributed by atoms with Crippen molar-refractivity contribution in [1.82, 2.24) is 4.90 Å². The molecule has 94 valence electrons. The maximum absolute atomic E-state index is 6.23. The minimum atomic E-state index is 0.198. The molecule has 3 nitrogen and oxygen atoms in total. The van der Waals surface area contributed by atoms with Crippen molar-refractivity contribution < 1.29 is 4.74 Å². The van der Waals surface area contributed by atoms with E-state index < -0.39 is 0 Å². The predicted molar refractivity (Wildman–Crippen MR) is 70.2 cm³/mol. The first-order chi connectivity index (χ1) is 8.26. The third-order valence-electron chi connectivity index (χ3n) is 3.44. The van der Waals surface area contributed by atoms with Gasteiger partial charge in [-0.05, 0) is 18.1 Å². The van der Waals surface area contributed by atoms with E-state index in [9.17, 15) is 0 Å². The fourth-order valence-corrected chi connectivity index (χ4v) is 2.71. The van der Waals surface area contributed by atoms with E-state index in [0.717, 1.165) is 30.1 Å². The van der Waals surface area contributed by atoms with E-state index in [2.05, 4.69) is 11.0 Å². The number of likely N-dealkylation sites (tertiary alicyclic amines) is 1. The molecule has 0 aliphatic carbocycles. The highest BCUT2D eigenvalue weighted by Gasteiger charge is 2.29. The Hall–Kier alpha value is -0.610. The largest absolute Gasteiger partial charge is 0.380 e. The van der Waals surface area contributed by atoms with E-state index in [0.29, 0.717) is 12.6 Å². The van der Waals surface area contributed by atoms with E-state index in [-0.39, 0.29) is 6.04 Å². The fourth-order valence-electron chi connectivity index (χ4n) is 2.45. The molecule has 0 spiro atoms. The van der Waals surface area contributed by atoms with E-state index in [1.165, 1.54) is 0 Å². The average molecular weight is 255 g/mol. The lowest BCUT2D eigenvalue weighted by atomic mass is 10.1. The molecule has 1 aliphatic rings. The van der Waals surface area contributed by atoms with Gasteiger partial charge < -0.3 is 10.5 Å². The molecule has 1 saturated heterocycles. The zero-order chi connectivity index (χ0) is 12.3. The summed E-state index contributed by atoms with van der Waals surface area (Å²) in [5, 5.41) is 0.795. The Morgan fingerprint density at radius 1 is 1.53 bits per heavy atom. The van der Waals surface area contributed by atoms with Crippen LogP contribution in [0.1, 0.15) is 18.0 Å². The van der Waals surface area contributed by atoms with E-state index in [1.54, 1.807) is 7.11 Å². The molecule has 1 heterocycles. The Morgan fingerprint density at radius 2 is 2.29 bits per heavy atom. The number of nitrogens with two attached hydrogens (primary N) is 1. The van der Waals surface area contributed by atoms with Crippen LogP contribution in [0.15, 0.2) is 24.3 Å². The quantitative estimate of drug-likeness (QED) is 0.894. The van der Waals surface area contributed by atoms with Crippen LogP contribution in [-0.4, -0.2) is 37.7 Å². The molecule has 1 aromatic carbocycles. The van der Waals surface area contributed by atoms with Crippen molar-refractivity contribution in [2.75, 3.05) is 26.7 Å². The number of benzene rings is 1. The van der Waals surface area contributed by atoms with E-state index >= 15 is 0 Å². The number of ether oxygens (including phenoxy) is 1. The summed E-state index contributed by atoms with van der Waals surface area (Å²) in [6, 6.07) is 8.13. The van der Waals surface area contributed by atoms with Gasteiger partial charge >= 0.3 is 0 Å². The van der Waals surface area contributed by atoms with Gasteiger partial charge in [-0.25, -0.2) is 0 Å².